The van der Waals surface area contributed by atoms with Crippen LogP contribution in [-0.4, -0.2) is 5.11 Å². The maximum Gasteiger partial charge on any atom is 0.123 e. The lowest BCUT2D eigenvalue weighted by atomic mass is 10.1. The molecule has 2 heterocycles. The number of thiophene rings is 2. The Kier molecular flexibility index (Phi) is 3.16. The minimum Gasteiger partial charge on any atom is -0.382 e. The van der Waals surface area contributed by atoms with Crippen LogP contribution in [0.1, 0.15) is 27.0 Å². The molecular formula is C11H11ClOS2. The summed E-state index contributed by atoms with van der Waals surface area (Å²) in [7, 11) is 0. The average molecular weight is 259 g/mol. The number of halogens is 1. The first-order valence-electron chi connectivity index (χ1n) is 4.57. The van der Waals surface area contributed by atoms with E-state index in [1.54, 1.807) is 11.3 Å². The molecular weight excluding hydrogens is 248 g/mol. The minimum atomic E-state index is -0.527. The molecule has 1 unspecified atom stereocenters. The highest BCUT2D eigenvalue weighted by atomic mass is 35.5. The maximum atomic E-state index is 10.2. The van der Waals surface area contributed by atoms with Gasteiger partial charge in [0.25, 0.3) is 0 Å². The van der Waals surface area contributed by atoms with Crippen molar-refractivity contribution in [1.82, 2.24) is 0 Å². The Balaban J connectivity index is 2.36. The first-order chi connectivity index (χ1) is 7.09. The van der Waals surface area contributed by atoms with E-state index in [0.717, 1.165) is 25.2 Å². The molecule has 1 nitrogen and oxygen atoms in total. The van der Waals surface area contributed by atoms with Crippen molar-refractivity contribution in [2.24, 2.45) is 0 Å². The summed E-state index contributed by atoms with van der Waals surface area (Å²) >= 11 is 9.02. The van der Waals surface area contributed by atoms with Gasteiger partial charge in [-0.05, 0) is 42.5 Å². The van der Waals surface area contributed by atoms with E-state index in [1.165, 1.54) is 11.3 Å². The summed E-state index contributed by atoms with van der Waals surface area (Å²) in [6.07, 6.45) is -0.527. The molecule has 2 rings (SSSR count). The van der Waals surface area contributed by atoms with Gasteiger partial charge >= 0.3 is 0 Å². The Morgan fingerprint density at radius 3 is 2.53 bits per heavy atom. The molecule has 1 N–H and O–H groups in total. The molecule has 0 spiro atoms. The normalized spacial score (nSPS) is 13.1. The van der Waals surface area contributed by atoms with Crippen molar-refractivity contribution in [3.05, 3.63) is 42.7 Å². The van der Waals surface area contributed by atoms with Crippen molar-refractivity contribution in [2.45, 2.75) is 20.0 Å². The summed E-state index contributed by atoms with van der Waals surface area (Å²) in [5.74, 6) is 0. The summed E-state index contributed by atoms with van der Waals surface area (Å²) in [4.78, 5) is 1.93. The van der Waals surface area contributed by atoms with Gasteiger partial charge in [-0.1, -0.05) is 11.6 Å². The Morgan fingerprint density at radius 1 is 1.33 bits per heavy atom. The largest absolute Gasteiger partial charge is 0.382 e. The third-order valence-electron chi connectivity index (χ3n) is 2.30. The molecule has 1 atom stereocenters. The minimum absolute atomic E-state index is 0.527. The smallest absolute Gasteiger partial charge is 0.123 e. The standard InChI is InChI=1S/C11H11ClOS2/c1-6-3-4-14-10(6)9(13)8-5-7(2)11(12)15-8/h3-5,9,13H,1-2H3. The molecule has 0 saturated heterocycles. The summed E-state index contributed by atoms with van der Waals surface area (Å²) in [5.41, 5.74) is 2.17. The van der Waals surface area contributed by atoms with Gasteiger partial charge in [-0.2, -0.15) is 0 Å². The summed E-state index contributed by atoms with van der Waals surface area (Å²) in [6.45, 7) is 3.97. The number of aliphatic hydroxyl groups excluding tert-OH is 1. The van der Waals surface area contributed by atoms with E-state index >= 15 is 0 Å². The van der Waals surface area contributed by atoms with E-state index in [4.69, 9.17) is 11.6 Å². The zero-order valence-electron chi connectivity index (χ0n) is 8.45. The Labute approximate surface area is 102 Å². The van der Waals surface area contributed by atoms with Crippen LogP contribution in [0.2, 0.25) is 4.34 Å². The fraction of sp³-hybridized carbons (Fsp3) is 0.273. The van der Waals surface area contributed by atoms with Crippen LogP contribution in [0.25, 0.3) is 0 Å². The van der Waals surface area contributed by atoms with Crippen molar-refractivity contribution >= 4 is 34.3 Å². The summed E-state index contributed by atoms with van der Waals surface area (Å²) in [5, 5.41) is 12.2. The average Bonchev–Trinajstić information content (AvgIpc) is 2.74. The highest BCUT2D eigenvalue weighted by molar-refractivity contribution is 7.16. The molecule has 0 saturated carbocycles. The van der Waals surface area contributed by atoms with E-state index in [1.807, 2.05) is 31.4 Å². The fourth-order valence-electron chi connectivity index (χ4n) is 1.41. The Hall–Kier alpha value is -0.350. The molecule has 0 bridgehead atoms. The molecule has 0 fully saturated rings. The van der Waals surface area contributed by atoms with Crippen LogP contribution in [0.5, 0.6) is 0 Å². The summed E-state index contributed by atoms with van der Waals surface area (Å²) < 4.78 is 0.762. The summed E-state index contributed by atoms with van der Waals surface area (Å²) in [6, 6.07) is 3.97. The van der Waals surface area contributed by atoms with Crippen LogP contribution in [-0.2, 0) is 0 Å². The van der Waals surface area contributed by atoms with Gasteiger partial charge in [-0.3, -0.25) is 0 Å². The van der Waals surface area contributed by atoms with Crippen molar-refractivity contribution < 1.29 is 5.11 Å². The number of aryl methyl sites for hydroxylation is 2. The zero-order chi connectivity index (χ0) is 11.0. The number of aliphatic hydroxyl groups is 1. The molecule has 0 aromatic carbocycles. The molecule has 2 aromatic heterocycles. The first-order valence-corrected chi connectivity index (χ1v) is 6.65. The number of rotatable bonds is 2. The van der Waals surface area contributed by atoms with Crippen LogP contribution >= 0.6 is 34.3 Å². The van der Waals surface area contributed by atoms with E-state index < -0.39 is 6.10 Å². The van der Waals surface area contributed by atoms with E-state index in [9.17, 15) is 5.11 Å². The molecule has 0 amide bonds. The highest BCUT2D eigenvalue weighted by Crippen LogP contribution is 2.36. The van der Waals surface area contributed by atoms with Crippen LogP contribution in [0, 0.1) is 13.8 Å². The van der Waals surface area contributed by atoms with Crippen LogP contribution < -0.4 is 0 Å². The van der Waals surface area contributed by atoms with E-state index in [-0.39, 0.29) is 0 Å². The van der Waals surface area contributed by atoms with E-state index in [0.29, 0.717) is 0 Å². The molecule has 0 aliphatic heterocycles. The molecule has 0 aliphatic rings. The van der Waals surface area contributed by atoms with Crippen molar-refractivity contribution in [3.63, 3.8) is 0 Å². The van der Waals surface area contributed by atoms with Crippen LogP contribution in [0.15, 0.2) is 17.5 Å². The number of hydrogen-bond acceptors (Lipinski definition) is 3. The zero-order valence-corrected chi connectivity index (χ0v) is 10.8. The van der Waals surface area contributed by atoms with Crippen LogP contribution in [0.3, 0.4) is 0 Å². The molecule has 4 heteroatoms. The van der Waals surface area contributed by atoms with Gasteiger partial charge in [0.05, 0.1) is 4.34 Å². The van der Waals surface area contributed by atoms with Gasteiger partial charge in [-0.25, -0.2) is 0 Å². The second kappa shape index (κ2) is 4.26. The Morgan fingerprint density at radius 2 is 2.07 bits per heavy atom. The lowest BCUT2D eigenvalue weighted by Crippen LogP contribution is -1.95. The van der Waals surface area contributed by atoms with E-state index in [2.05, 4.69) is 0 Å². The second-order valence-electron chi connectivity index (χ2n) is 3.48. The molecule has 0 aliphatic carbocycles. The quantitative estimate of drug-likeness (QED) is 0.858. The molecule has 15 heavy (non-hydrogen) atoms. The molecule has 0 radical (unpaired) electrons. The van der Waals surface area contributed by atoms with Crippen molar-refractivity contribution in [1.29, 1.82) is 0 Å². The van der Waals surface area contributed by atoms with Gasteiger partial charge in [0.15, 0.2) is 0 Å². The SMILES string of the molecule is Cc1cc(C(O)c2sccc2C)sc1Cl. The third-order valence-corrected chi connectivity index (χ3v) is 4.97. The highest BCUT2D eigenvalue weighted by Gasteiger charge is 2.17. The molecule has 2 aromatic rings. The predicted octanol–water partition coefficient (Wildman–Crippen LogP) is 4.16. The lowest BCUT2D eigenvalue weighted by molar-refractivity contribution is 0.227. The Bertz CT molecular complexity index is 453. The molecule has 80 valence electrons. The van der Waals surface area contributed by atoms with Crippen molar-refractivity contribution in [3.8, 4) is 0 Å². The van der Waals surface area contributed by atoms with Gasteiger partial charge < -0.3 is 5.11 Å². The van der Waals surface area contributed by atoms with Gasteiger partial charge in [0.2, 0.25) is 0 Å². The third kappa shape index (κ3) is 2.11. The second-order valence-corrected chi connectivity index (χ2v) is 6.11. The van der Waals surface area contributed by atoms with Gasteiger partial charge in [-0.15, -0.1) is 22.7 Å². The first kappa shape index (κ1) is 11.1. The lowest BCUT2D eigenvalue weighted by Gasteiger charge is -2.06. The number of hydrogen-bond donors (Lipinski definition) is 1. The van der Waals surface area contributed by atoms with Gasteiger partial charge in [0, 0.05) is 9.75 Å². The fourth-order valence-corrected chi connectivity index (χ4v) is 3.63. The topological polar surface area (TPSA) is 20.2 Å². The van der Waals surface area contributed by atoms with Crippen molar-refractivity contribution in [2.75, 3.05) is 0 Å². The van der Waals surface area contributed by atoms with Gasteiger partial charge in [0.1, 0.15) is 6.10 Å². The van der Waals surface area contributed by atoms with Crippen LogP contribution in [0.4, 0.5) is 0 Å². The monoisotopic (exact) mass is 258 g/mol. The maximum absolute atomic E-state index is 10.2. The predicted molar refractivity (Wildman–Crippen MR) is 67.2 cm³/mol.